The Morgan fingerprint density at radius 1 is 1.42 bits per heavy atom. The van der Waals surface area contributed by atoms with Crippen LogP contribution in [0.5, 0.6) is 0 Å². The van der Waals surface area contributed by atoms with E-state index in [1.165, 1.54) is 6.07 Å². The normalized spacial score (nSPS) is 24.4. The maximum Gasteiger partial charge on any atom is 0.175 e. The standard InChI is InChI=1S/C13H14Cl2O3S/c1-8-13(4-5-18-8)19(17)7-12(16)9-2-3-10(14)11(15)6-9/h2-3,6,8,13H,4-5,7H2,1H3. The van der Waals surface area contributed by atoms with Crippen molar-refractivity contribution in [3.8, 4) is 0 Å². The molecule has 0 bridgehead atoms. The number of ketones is 1. The molecule has 0 saturated carbocycles. The molecule has 3 nitrogen and oxygen atoms in total. The molecule has 1 saturated heterocycles. The molecule has 0 spiro atoms. The van der Waals surface area contributed by atoms with Gasteiger partial charge in [0.05, 0.1) is 27.2 Å². The van der Waals surface area contributed by atoms with Crippen LogP contribution in [0.25, 0.3) is 0 Å². The van der Waals surface area contributed by atoms with Crippen LogP contribution in [0, 0.1) is 0 Å². The molecule has 19 heavy (non-hydrogen) atoms. The fourth-order valence-corrected chi connectivity index (χ4v) is 3.85. The molecule has 1 fully saturated rings. The van der Waals surface area contributed by atoms with E-state index in [2.05, 4.69) is 0 Å². The zero-order chi connectivity index (χ0) is 14.0. The Bertz CT molecular complexity index is 519. The number of Topliss-reactive ketones (excluding diaryl/α,β-unsaturated/α-hetero) is 1. The van der Waals surface area contributed by atoms with Crippen LogP contribution in [-0.2, 0) is 15.5 Å². The molecule has 104 valence electrons. The lowest BCUT2D eigenvalue weighted by Gasteiger charge is -2.13. The van der Waals surface area contributed by atoms with Gasteiger partial charge in [-0.15, -0.1) is 0 Å². The Hall–Kier alpha value is -0.420. The van der Waals surface area contributed by atoms with Crippen LogP contribution in [-0.4, -0.2) is 33.7 Å². The van der Waals surface area contributed by atoms with E-state index >= 15 is 0 Å². The average Bonchev–Trinajstić information content (AvgIpc) is 2.79. The van der Waals surface area contributed by atoms with E-state index in [9.17, 15) is 9.00 Å². The SMILES string of the molecule is CC1OCCC1S(=O)CC(=O)c1ccc(Cl)c(Cl)c1. The first-order valence-electron chi connectivity index (χ1n) is 5.96. The molecule has 0 aromatic heterocycles. The summed E-state index contributed by atoms with van der Waals surface area (Å²) in [6, 6.07) is 4.68. The van der Waals surface area contributed by atoms with Gasteiger partial charge in [-0.1, -0.05) is 23.2 Å². The molecule has 0 radical (unpaired) electrons. The first kappa shape index (κ1) is 15.0. The van der Waals surface area contributed by atoms with Gasteiger partial charge in [0.25, 0.3) is 0 Å². The lowest BCUT2D eigenvalue weighted by molar-refractivity contribution is 0.102. The summed E-state index contributed by atoms with van der Waals surface area (Å²) in [5.74, 6) is -0.188. The third-order valence-corrected chi connectivity index (χ3v) is 5.74. The number of carbonyl (C=O) groups excluding carboxylic acids is 1. The minimum atomic E-state index is -1.22. The predicted octanol–water partition coefficient (Wildman–Crippen LogP) is 3.10. The number of halogens is 2. The summed E-state index contributed by atoms with van der Waals surface area (Å²) in [6.45, 7) is 2.50. The molecule has 2 rings (SSSR count). The molecular weight excluding hydrogens is 307 g/mol. The second kappa shape index (κ2) is 6.35. The summed E-state index contributed by atoms with van der Waals surface area (Å²) in [6.07, 6.45) is 0.685. The van der Waals surface area contributed by atoms with Gasteiger partial charge in [0.15, 0.2) is 5.78 Å². The number of hydrogen-bond acceptors (Lipinski definition) is 3. The largest absolute Gasteiger partial charge is 0.377 e. The van der Waals surface area contributed by atoms with E-state index in [0.717, 1.165) is 6.42 Å². The third-order valence-electron chi connectivity index (χ3n) is 3.16. The molecule has 1 aromatic rings. The van der Waals surface area contributed by atoms with E-state index in [4.69, 9.17) is 27.9 Å². The van der Waals surface area contributed by atoms with Crippen LogP contribution in [0.2, 0.25) is 10.0 Å². The monoisotopic (exact) mass is 320 g/mol. The lowest BCUT2D eigenvalue weighted by Crippen LogP contribution is -2.27. The van der Waals surface area contributed by atoms with Crippen molar-refractivity contribution >= 4 is 39.8 Å². The molecular formula is C13H14Cl2O3S. The maximum atomic E-state index is 12.1. The highest BCUT2D eigenvalue weighted by molar-refractivity contribution is 7.86. The minimum absolute atomic E-state index is 0.00364. The van der Waals surface area contributed by atoms with Gasteiger partial charge in [0.2, 0.25) is 0 Å². The van der Waals surface area contributed by atoms with E-state index in [0.29, 0.717) is 22.2 Å². The van der Waals surface area contributed by atoms with Gasteiger partial charge >= 0.3 is 0 Å². The summed E-state index contributed by atoms with van der Waals surface area (Å²) < 4.78 is 17.5. The van der Waals surface area contributed by atoms with Crippen molar-refractivity contribution < 1.29 is 13.7 Å². The Morgan fingerprint density at radius 2 is 2.16 bits per heavy atom. The second-order valence-corrected chi connectivity index (χ2v) is 6.95. The summed E-state index contributed by atoms with van der Waals surface area (Å²) in [4.78, 5) is 12.0. The molecule has 3 unspecified atom stereocenters. The molecule has 0 aliphatic carbocycles. The minimum Gasteiger partial charge on any atom is -0.377 e. The van der Waals surface area contributed by atoms with Crippen LogP contribution in [0.1, 0.15) is 23.7 Å². The van der Waals surface area contributed by atoms with E-state index in [-0.39, 0.29) is 22.9 Å². The zero-order valence-electron chi connectivity index (χ0n) is 10.4. The number of rotatable bonds is 4. The van der Waals surface area contributed by atoms with Gasteiger partial charge in [-0.2, -0.15) is 0 Å². The Balaban J connectivity index is 2.04. The van der Waals surface area contributed by atoms with Crippen LogP contribution in [0.4, 0.5) is 0 Å². The molecule has 1 aliphatic heterocycles. The molecule has 6 heteroatoms. The van der Waals surface area contributed by atoms with Crippen molar-refractivity contribution in [3.63, 3.8) is 0 Å². The van der Waals surface area contributed by atoms with Crippen molar-refractivity contribution in [1.82, 2.24) is 0 Å². The average molecular weight is 321 g/mol. The highest BCUT2D eigenvalue weighted by Crippen LogP contribution is 2.24. The number of benzene rings is 1. The number of carbonyl (C=O) groups is 1. The van der Waals surface area contributed by atoms with E-state index in [1.807, 2.05) is 6.92 Å². The highest BCUT2D eigenvalue weighted by atomic mass is 35.5. The van der Waals surface area contributed by atoms with E-state index < -0.39 is 10.8 Å². The predicted molar refractivity (Wildman–Crippen MR) is 77.6 cm³/mol. The van der Waals surface area contributed by atoms with E-state index in [1.54, 1.807) is 12.1 Å². The zero-order valence-corrected chi connectivity index (χ0v) is 12.7. The Kier molecular flexibility index (Phi) is 5.01. The first-order chi connectivity index (χ1) is 8.99. The smallest absolute Gasteiger partial charge is 0.175 e. The lowest BCUT2D eigenvalue weighted by atomic mass is 10.1. The second-order valence-electron chi connectivity index (χ2n) is 4.48. The first-order valence-corrected chi connectivity index (χ1v) is 8.10. The molecule has 1 heterocycles. The van der Waals surface area contributed by atoms with Crippen LogP contribution < -0.4 is 0 Å². The van der Waals surface area contributed by atoms with Gasteiger partial charge in [0.1, 0.15) is 0 Å². The highest BCUT2D eigenvalue weighted by Gasteiger charge is 2.30. The van der Waals surface area contributed by atoms with Crippen molar-refractivity contribution in [2.24, 2.45) is 0 Å². The number of ether oxygens (including phenoxy) is 1. The number of hydrogen-bond donors (Lipinski definition) is 0. The van der Waals surface area contributed by atoms with Gasteiger partial charge < -0.3 is 4.74 Å². The van der Waals surface area contributed by atoms with Gasteiger partial charge in [-0.3, -0.25) is 9.00 Å². The third kappa shape index (κ3) is 3.57. The Labute approximate surface area is 124 Å². The van der Waals surface area contributed by atoms with Crippen LogP contribution in [0.15, 0.2) is 18.2 Å². The summed E-state index contributed by atoms with van der Waals surface area (Å²) >= 11 is 11.7. The van der Waals surface area contributed by atoms with Crippen LogP contribution in [0.3, 0.4) is 0 Å². The summed E-state index contributed by atoms with van der Waals surface area (Å²) in [5.41, 5.74) is 0.439. The molecule has 1 aliphatic rings. The fraction of sp³-hybridized carbons (Fsp3) is 0.462. The molecule has 3 atom stereocenters. The molecule has 0 N–H and O–H groups in total. The van der Waals surface area contributed by atoms with Crippen LogP contribution >= 0.6 is 23.2 Å². The molecule has 1 aromatic carbocycles. The fourth-order valence-electron chi connectivity index (χ4n) is 2.05. The van der Waals surface area contributed by atoms with Crippen molar-refractivity contribution in [2.45, 2.75) is 24.7 Å². The summed E-state index contributed by atoms with van der Waals surface area (Å²) in [5, 5.41) is 0.666. The van der Waals surface area contributed by atoms with Crippen molar-refractivity contribution in [2.75, 3.05) is 12.4 Å². The van der Waals surface area contributed by atoms with Gasteiger partial charge in [-0.05, 0) is 31.5 Å². The maximum absolute atomic E-state index is 12.1. The van der Waals surface area contributed by atoms with Crippen molar-refractivity contribution in [3.05, 3.63) is 33.8 Å². The van der Waals surface area contributed by atoms with Gasteiger partial charge in [-0.25, -0.2) is 0 Å². The molecule has 0 amide bonds. The Morgan fingerprint density at radius 3 is 2.74 bits per heavy atom. The van der Waals surface area contributed by atoms with Gasteiger partial charge in [0, 0.05) is 23.0 Å². The quantitative estimate of drug-likeness (QED) is 0.801. The van der Waals surface area contributed by atoms with Crippen molar-refractivity contribution in [1.29, 1.82) is 0 Å². The summed E-state index contributed by atoms with van der Waals surface area (Å²) in [7, 11) is -1.22. The topological polar surface area (TPSA) is 43.4 Å².